The van der Waals surface area contributed by atoms with E-state index in [1.807, 2.05) is 4.90 Å². The molecule has 3 rings (SSSR count). The summed E-state index contributed by atoms with van der Waals surface area (Å²) in [7, 11) is 1.74. The van der Waals surface area contributed by atoms with Gasteiger partial charge in [-0.15, -0.1) is 0 Å². The van der Waals surface area contributed by atoms with Crippen molar-refractivity contribution in [3.8, 4) is 0 Å². The Kier molecular flexibility index (Phi) is 3.72. The molecule has 0 bridgehead atoms. The molecule has 0 N–H and O–H groups in total. The van der Waals surface area contributed by atoms with E-state index in [2.05, 4.69) is 23.9 Å². The van der Waals surface area contributed by atoms with Crippen LogP contribution in [0.5, 0.6) is 0 Å². The minimum absolute atomic E-state index is 0.0214. The van der Waals surface area contributed by atoms with Crippen LogP contribution in [-0.4, -0.2) is 42.2 Å². The van der Waals surface area contributed by atoms with E-state index >= 15 is 0 Å². The van der Waals surface area contributed by atoms with Gasteiger partial charge in [0.1, 0.15) is 18.3 Å². The molecule has 7 nitrogen and oxygen atoms in total. The van der Waals surface area contributed by atoms with Crippen LogP contribution in [0.3, 0.4) is 0 Å². The second-order valence-electron chi connectivity index (χ2n) is 6.11. The third-order valence-electron chi connectivity index (χ3n) is 4.51. The Morgan fingerprint density at radius 3 is 2.68 bits per heavy atom. The Morgan fingerprint density at radius 2 is 2.00 bits per heavy atom. The van der Waals surface area contributed by atoms with Crippen LogP contribution in [-0.2, 0) is 18.4 Å². The quantitative estimate of drug-likeness (QED) is 0.827. The highest BCUT2D eigenvalue weighted by molar-refractivity contribution is 5.78. The van der Waals surface area contributed by atoms with Gasteiger partial charge in [0.15, 0.2) is 5.65 Å². The molecule has 2 atom stereocenters. The number of fused-ring (bicyclic) bond motifs is 1. The first kappa shape index (κ1) is 14.7. The number of piperidine rings is 1. The van der Waals surface area contributed by atoms with E-state index in [4.69, 9.17) is 0 Å². The summed E-state index contributed by atoms with van der Waals surface area (Å²) >= 11 is 0. The Hall–Kier alpha value is -2.18. The lowest BCUT2D eigenvalue weighted by molar-refractivity contribution is -0.138. The van der Waals surface area contributed by atoms with E-state index < -0.39 is 0 Å². The topological polar surface area (TPSA) is 73.0 Å². The molecular formula is C15H21N5O2. The predicted molar refractivity (Wildman–Crippen MR) is 82.4 cm³/mol. The van der Waals surface area contributed by atoms with Crippen molar-refractivity contribution >= 4 is 16.9 Å². The summed E-state index contributed by atoms with van der Waals surface area (Å²) in [6.45, 7) is 4.17. The summed E-state index contributed by atoms with van der Waals surface area (Å²) in [5.74, 6) is -0.0214. The Morgan fingerprint density at radius 1 is 1.32 bits per heavy atom. The zero-order valence-corrected chi connectivity index (χ0v) is 13.2. The molecule has 1 amide bonds. The van der Waals surface area contributed by atoms with Gasteiger partial charge in [0.05, 0.1) is 6.20 Å². The predicted octanol–water partition coefficient (Wildman–Crippen LogP) is 0.919. The lowest BCUT2D eigenvalue weighted by Crippen LogP contribution is -2.49. The third kappa shape index (κ3) is 2.40. The molecule has 7 heteroatoms. The van der Waals surface area contributed by atoms with E-state index in [0.29, 0.717) is 11.0 Å². The van der Waals surface area contributed by atoms with Crippen molar-refractivity contribution in [2.24, 2.45) is 7.05 Å². The number of hydrogen-bond donors (Lipinski definition) is 0. The summed E-state index contributed by atoms with van der Waals surface area (Å²) < 4.78 is 2.93. The molecule has 22 heavy (non-hydrogen) atoms. The first-order chi connectivity index (χ1) is 10.5. The molecule has 0 saturated carbocycles. The van der Waals surface area contributed by atoms with Crippen molar-refractivity contribution in [2.45, 2.75) is 51.7 Å². The first-order valence-corrected chi connectivity index (χ1v) is 7.67. The molecule has 0 radical (unpaired) electrons. The van der Waals surface area contributed by atoms with Gasteiger partial charge in [-0.1, -0.05) is 0 Å². The number of amides is 1. The van der Waals surface area contributed by atoms with E-state index in [-0.39, 0.29) is 30.1 Å². The molecule has 0 aliphatic carbocycles. The van der Waals surface area contributed by atoms with Gasteiger partial charge in [0.25, 0.3) is 5.56 Å². The molecule has 0 spiro atoms. The molecule has 1 fully saturated rings. The molecular weight excluding hydrogens is 282 g/mol. The van der Waals surface area contributed by atoms with Crippen LogP contribution in [0.4, 0.5) is 0 Å². The monoisotopic (exact) mass is 303 g/mol. The summed E-state index contributed by atoms with van der Waals surface area (Å²) in [5.41, 5.74) is 0.317. The summed E-state index contributed by atoms with van der Waals surface area (Å²) in [6, 6.07) is 0.448. The van der Waals surface area contributed by atoms with Crippen LogP contribution in [0, 0.1) is 0 Å². The minimum atomic E-state index is -0.219. The number of carbonyl (C=O) groups is 1. The SMILES string of the molecule is C[C@@H]1CCC[C@@H](C)N1C(=O)Cn1cnc2c(cnn2C)c1=O. The van der Waals surface area contributed by atoms with Gasteiger partial charge >= 0.3 is 0 Å². The number of hydrogen-bond acceptors (Lipinski definition) is 4. The second-order valence-corrected chi connectivity index (χ2v) is 6.11. The minimum Gasteiger partial charge on any atom is -0.336 e. The molecule has 118 valence electrons. The first-order valence-electron chi connectivity index (χ1n) is 7.67. The van der Waals surface area contributed by atoms with E-state index in [1.54, 1.807) is 11.7 Å². The van der Waals surface area contributed by atoms with Gasteiger partial charge in [0, 0.05) is 19.1 Å². The van der Waals surface area contributed by atoms with Crippen LogP contribution in [0.2, 0.25) is 0 Å². The van der Waals surface area contributed by atoms with Gasteiger partial charge < -0.3 is 4.90 Å². The maximum atomic E-state index is 12.6. The van der Waals surface area contributed by atoms with Crippen molar-refractivity contribution in [1.29, 1.82) is 0 Å². The van der Waals surface area contributed by atoms with Crippen molar-refractivity contribution in [3.05, 3.63) is 22.9 Å². The summed E-state index contributed by atoms with van der Waals surface area (Å²) in [5, 5.41) is 4.48. The Labute approximate surface area is 128 Å². The van der Waals surface area contributed by atoms with Crippen molar-refractivity contribution in [1.82, 2.24) is 24.2 Å². The van der Waals surface area contributed by atoms with Gasteiger partial charge in [-0.2, -0.15) is 5.10 Å². The molecule has 1 aliphatic rings. The number of aromatic nitrogens is 4. The van der Waals surface area contributed by atoms with Crippen LogP contribution in [0.25, 0.3) is 11.0 Å². The van der Waals surface area contributed by atoms with Gasteiger partial charge in [0.2, 0.25) is 5.91 Å². The Bertz CT molecular complexity index is 753. The molecule has 1 aliphatic heterocycles. The fraction of sp³-hybridized carbons (Fsp3) is 0.600. The van der Waals surface area contributed by atoms with Crippen molar-refractivity contribution < 1.29 is 4.79 Å². The van der Waals surface area contributed by atoms with Crippen molar-refractivity contribution in [2.75, 3.05) is 0 Å². The second kappa shape index (κ2) is 5.55. The van der Waals surface area contributed by atoms with Gasteiger partial charge in [-0.25, -0.2) is 4.98 Å². The average molecular weight is 303 g/mol. The molecule has 1 saturated heterocycles. The molecule has 3 heterocycles. The summed E-state index contributed by atoms with van der Waals surface area (Å²) in [6.07, 6.45) is 6.12. The molecule has 0 unspecified atom stereocenters. The normalized spacial score (nSPS) is 22.2. The van der Waals surface area contributed by atoms with Gasteiger partial charge in [-0.3, -0.25) is 18.8 Å². The average Bonchev–Trinajstić information content (AvgIpc) is 2.84. The molecule has 2 aromatic heterocycles. The third-order valence-corrected chi connectivity index (χ3v) is 4.51. The lowest BCUT2D eigenvalue weighted by Gasteiger charge is -2.39. The fourth-order valence-corrected chi connectivity index (χ4v) is 3.32. The lowest BCUT2D eigenvalue weighted by atomic mass is 9.97. The highest BCUT2D eigenvalue weighted by Crippen LogP contribution is 2.22. The number of carbonyl (C=O) groups excluding carboxylic acids is 1. The Balaban J connectivity index is 1.88. The zero-order chi connectivity index (χ0) is 15.9. The molecule has 2 aromatic rings. The fourth-order valence-electron chi connectivity index (χ4n) is 3.32. The number of aryl methyl sites for hydroxylation is 1. The van der Waals surface area contributed by atoms with Crippen LogP contribution >= 0.6 is 0 Å². The van der Waals surface area contributed by atoms with Crippen LogP contribution in [0.15, 0.2) is 17.3 Å². The van der Waals surface area contributed by atoms with Crippen LogP contribution in [0.1, 0.15) is 33.1 Å². The summed E-state index contributed by atoms with van der Waals surface area (Å²) in [4.78, 5) is 31.2. The van der Waals surface area contributed by atoms with Crippen molar-refractivity contribution in [3.63, 3.8) is 0 Å². The largest absolute Gasteiger partial charge is 0.336 e. The number of likely N-dealkylation sites (tertiary alicyclic amines) is 1. The number of nitrogens with zero attached hydrogens (tertiary/aromatic N) is 5. The van der Waals surface area contributed by atoms with Gasteiger partial charge in [-0.05, 0) is 33.1 Å². The standard InChI is InChI=1S/C15H21N5O2/c1-10-5-4-6-11(2)20(10)13(21)8-19-9-16-14-12(15(19)22)7-17-18(14)3/h7,9-11H,4-6,8H2,1-3H3/t10-,11-/m1/s1. The van der Waals surface area contributed by atoms with E-state index in [9.17, 15) is 9.59 Å². The highest BCUT2D eigenvalue weighted by atomic mass is 16.2. The highest BCUT2D eigenvalue weighted by Gasteiger charge is 2.29. The van der Waals surface area contributed by atoms with Crippen LogP contribution < -0.4 is 5.56 Å². The smallest absolute Gasteiger partial charge is 0.264 e. The van der Waals surface area contributed by atoms with E-state index in [1.165, 1.54) is 17.1 Å². The molecule has 0 aromatic carbocycles. The maximum Gasteiger partial charge on any atom is 0.264 e. The zero-order valence-electron chi connectivity index (χ0n) is 13.2. The maximum absolute atomic E-state index is 12.6. The van der Waals surface area contributed by atoms with E-state index in [0.717, 1.165) is 19.3 Å². The number of rotatable bonds is 2.